The maximum atomic E-state index is 15.0. The van der Waals surface area contributed by atoms with Crippen LogP contribution in [-0.2, 0) is 14.3 Å². The van der Waals surface area contributed by atoms with Crippen LogP contribution in [0.2, 0.25) is 0 Å². The highest BCUT2D eigenvalue weighted by Gasteiger charge is 2.32. The Kier molecular flexibility index (Phi) is 6.07. The standard InChI is InChI=1S/C24H31FN4O4/c1-24(2,3)33-23(32)27(4)15-9-12-28(13-10-15)21-16-11-14-29(18(16)6-5-17(21)25)19-7-8-20(30)26-22(19)31/h5-6,11,14-15,19H,7-10,12-13H2,1-4H3,(H,26,30,31)/t19-/m0/s1. The molecule has 1 N–H and O–H groups in total. The van der Waals surface area contributed by atoms with Gasteiger partial charge in [-0.1, -0.05) is 0 Å². The van der Waals surface area contributed by atoms with E-state index in [1.807, 2.05) is 36.3 Å². The quantitative estimate of drug-likeness (QED) is 0.711. The number of carbonyl (C=O) groups is 3. The largest absolute Gasteiger partial charge is 0.444 e. The first kappa shape index (κ1) is 23.1. The zero-order chi connectivity index (χ0) is 23.9. The first-order chi connectivity index (χ1) is 15.5. The van der Waals surface area contributed by atoms with Crippen LogP contribution in [0.3, 0.4) is 0 Å². The van der Waals surface area contributed by atoms with Gasteiger partial charge >= 0.3 is 6.09 Å². The molecule has 1 aromatic heterocycles. The lowest BCUT2D eigenvalue weighted by molar-refractivity contribution is -0.135. The molecule has 2 aromatic rings. The second-order valence-electron chi connectivity index (χ2n) is 9.83. The van der Waals surface area contributed by atoms with Crippen LogP contribution in [0.4, 0.5) is 14.9 Å². The van der Waals surface area contributed by atoms with Crippen molar-refractivity contribution >= 4 is 34.5 Å². The number of hydrogen-bond donors (Lipinski definition) is 1. The van der Waals surface area contributed by atoms with Crippen molar-refractivity contribution in [3.8, 4) is 0 Å². The highest BCUT2D eigenvalue weighted by molar-refractivity contribution is 6.01. The molecule has 0 saturated carbocycles. The summed E-state index contributed by atoms with van der Waals surface area (Å²) in [5, 5.41) is 3.12. The van der Waals surface area contributed by atoms with Gasteiger partial charge in [-0.3, -0.25) is 14.9 Å². The summed E-state index contributed by atoms with van der Waals surface area (Å²) in [6.07, 6.45) is 3.53. The van der Waals surface area contributed by atoms with Gasteiger partial charge in [-0.05, 0) is 58.2 Å². The predicted octanol–water partition coefficient (Wildman–Crippen LogP) is 3.59. The van der Waals surface area contributed by atoms with Gasteiger partial charge in [0.25, 0.3) is 0 Å². The Labute approximate surface area is 192 Å². The van der Waals surface area contributed by atoms with Gasteiger partial charge in [0.1, 0.15) is 17.5 Å². The summed E-state index contributed by atoms with van der Waals surface area (Å²) in [6.45, 7) is 6.71. The fourth-order valence-electron chi connectivity index (χ4n) is 4.70. The van der Waals surface area contributed by atoms with E-state index < -0.39 is 11.6 Å². The lowest BCUT2D eigenvalue weighted by Gasteiger charge is -2.38. The number of imide groups is 1. The third-order valence-corrected chi connectivity index (χ3v) is 6.38. The van der Waals surface area contributed by atoms with Crippen LogP contribution >= 0.6 is 0 Å². The van der Waals surface area contributed by atoms with Gasteiger partial charge in [-0.25, -0.2) is 9.18 Å². The molecule has 2 fully saturated rings. The summed E-state index contributed by atoms with van der Waals surface area (Å²) < 4.78 is 22.3. The zero-order valence-electron chi connectivity index (χ0n) is 19.6. The van der Waals surface area contributed by atoms with E-state index in [2.05, 4.69) is 5.32 Å². The summed E-state index contributed by atoms with van der Waals surface area (Å²) in [4.78, 5) is 39.9. The van der Waals surface area contributed by atoms with Crippen molar-refractivity contribution < 1.29 is 23.5 Å². The molecule has 33 heavy (non-hydrogen) atoms. The maximum Gasteiger partial charge on any atom is 0.410 e. The zero-order valence-corrected chi connectivity index (χ0v) is 19.6. The number of ether oxygens (including phenoxy) is 1. The molecule has 2 aliphatic rings. The summed E-state index contributed by atoms with van der Waals surface area (Å²) in [6, 6.07) is 4.47. The van der Waals surface area contributed by atoms with E-state index >= 15 is 0 Å². The summed E-state index contributed by atoms with van der Waals surface area (Å²) in [7, 11) is 1.75. The fraction of sp³-hybridized carbons (Fsp3) is 0.542. The normalized spacial score (nSPS) is 20.2. The number of carbonyl (C=O) groups excluding carboxylic acids is 3. The topological polar surface area (TPSA) is 83.9 Å². The first-order valence-corrected chi connectivity index (χ1v) is 11.4. The number of nitrogens with zero attached hydrogens (tertiary/aromatic N) is 3. The number of piperidine rings is 2. The molecule has 0 radical (unpaired) electrons. The number of benzene rings is 1. The smallest absolute Gasteiger partial charge is 0.410 e. The van der Waals surface area contributed by atoms with Gasteiger partial charge < -0.3 is 19.1 Å². The van der Waals surface area contributed by atoms with Crippen LogP contribution in [0.5, 0.6) is 0 Å². The van der Waals surface area contributed by atoms with Crippen molar-refractivity contribution in [2.24, 2.45) is 0 Å². The van der Waals surface area contributed by atoms with Crippen molar-refractivity contribution in [3.63, 3.8) is 0 Å². The van der Waals surface area contributed by atoms with Crippen molar-refractivity contribution in [2.75, 3.05) is 25.0 Å². The van der Waals surface area contributed by atoms with E-state index in [0.717, 1.165) is 10.9 Å². The molecule has 1 atom stereocenters. The molecule has 2 saturated heterocycles. The lowest BCUT2D eigenvalue weighted by atomic mass is 10.0. The van der Waals surface area contributed by atoms with Gasteiger partial charge in [0.15, 0.2) is 0 Å². The molecule has 9 heteroatoms. The van der Waals surface area contributed by atoms with Gasteiger partial charge in [0, 0.05) is 44.2 Å². The number of nitrogens with one attached hydrogen (secondary N) is 1. The van der Waals surface area contributed by atoms with Gasteiger partial charge in [0.05, 0.1) is 11.2 Å². The number of halogens is 1. The minimum atomic E-state index is -0.555. The van der Waals surface area contributed by atoms with Gasteiger partial charge in [0.2, 0.25) is 11.8 Å². The second kappa shape index (κ2) is 8.68. The van der Waals surface area contributed by atoms with Crippen LogP contribution in [0.1, 0.15) is 52.5 Å². The molecular formula is C24H31FN4O4. The number of hydrogen-bond acceptors (Lipinski definition) is 5. The van der Waals surface area contributed by atoms with E-state index in [0.29, 0.717) is 38.0 Å². The average molecular weight is 459 g/mol. The second-order valence-corrected chi connectivity index (χ2v) is 9.83. The highest BCUT2D eigenvalue weighted by Crippen LogP contribution is 2.35. The molecule has 1 aromatic carbocycles. The molecule has 0 spiro atoms. The molecule has 2 aliphatic heterocycles. The highest BCUT2D eigenvalue weighted by atomic mass is 19.1. The van der Waals surface area contributed by atoms with Gasteiger partial charge in [-0.2, -0.15) is 0 Å². The van der Waals surface area contributed by atoms with E-state index in [1.54, 1.807) is 24.2 Å². The SMILES string of the molecule is CN(C(=O)OC(C)(C)C)C1CCN(c2c(F)ccc3c2ccn3[C@H]2CCC(=O)NC2=O)CC1. The third-order valence-electron chi connectivity index (χ3n) is 6.38. The number of anilines is 1. The Morgan fingerprint density at radius 1 is 1.15 bits per heavy atom. The molecule has 8 nitrogen and oxygen atoms in total. The minimum Gasteiger partial charge on any atom is -0.444 e. The Balaban J connectivity index is 1.52. The fourth-order valence-corrected chi connectivity index (χ4v) is 4.70. The molecule has 3 amide bonds. The van der Waals surface area contributed by atoms with Gasteiger partial charge in [-0.15, -0.1) is 0 Å². The maximum absolute atomic E-state index is 15.0. The molecule has 0 unspecified atom stereocenters. The Morgan fingerprint density at radius 3 is 2.48 bits per heavy atom. The van der Waals surface area contributed by atoms with E-state index in [-0.39, 0.29) is 36.2 Å². The third kappa shape index (κ3) is 4.67. The van der Waals surface area contributed by atoms with Crippen molar-refractivity contribution in [1.29, 1.82) is 0 Å². The monoisotopic (exact) mass is 458 g/mol. The molecular weight excluding hydrogens is 427 g/mol. The lowest BCUT2D eigenvalue weighted by Crippen LogP contribution is -2.47. The molecule has 3 heterocycles. The van der Waals surface area contributed by atoms with E-state index in [1.165, 1.54) is 6.07 Å². The van der Waals surface area contributed by atoms with Crippen molar-refractivity contribution in [2.45, 2.75) is 64.1 Å². The van der Waals surface area contributed by atoms with Crippen LogP contribution in [0, 0.1) is 5.82 Å². The molecule has 178 valence electrons. The molecule has 0 bridgehead atoms. The van der Waals surface area contributed by atoms with E-state index in [4.69, 9.17) is 4.74 Å². The van der Waals surface area contributed by atoms with Crippen molar-refractivity contribution in [3.05, 3.63) is 30.2 Å². The first-order valence-electron chi connectivity index (χ1n) is 11.4. The number of amides is 3. The van der Waals surface area contributed by atoms with Crippen molar-refractivity contribution in [1.82, 2.24) is 14.8 Å². The number of aromatic nitrogens is 1. The average Bonchev–Trinajstić information content (AvgIpc) is 3.16. The number of rotatable bonds is 3. The van der Waals surface area contributed by atoms with Crippen LogP contribution in [-0.4, -0.2) is 59.2 Å². The van der Waals surface area contributed by atoms with Crippen LogP contribution in [0.15, 0.2) is 24.4 Å². The predicted molar refractivity (Wildman–Crippen MR) is 123 cm³/mol. The Morgan fingerprint density at radius 2 is 1.85 bits per heavy atom. The summed E-state index contributed by atoms with van der Waals surface area (Å²) in [5.74, 6) is -0.915. The Bertz CT molecular complexity index is 1080. The molecule has 4 rings (SSSR count). The van der Waals surface area contributed by atoms with Crippen LogP contribution < -0.4 is 10.2 Å². The Hall–Kier alpha value is -3.10. The van der Waals surface area contributed by atoms with E-state index in [9.17, 15) is 18.8 Å². The minimum absolute atomic E-state index is 0.0198. The summed E-state index contributed by atoms with van der Waals surface area (Å²) >= 11 is 0. The summed E-state index contributed by atoms with van der Waals surface area (Å²) in [5.41, 5.74) is 0.714. The van der Waals surface area contributed by atoms with Crippen LogP contribution in [0.25, 0.3) is 10.9 Å². The number of fused-ring (bicyclic) bond motifs is 1. The molecule has 0 aliphatic carbocycles.